The fourth-order valence-electron chi connectivity index (χ4n) is 3.77. The summed E-state index contributed by atoms with van der Waals surface area (Å²) in [5, 5.41) is 7.67. The van der Waals surface area contributed by atoms with Crippen LogP contribution in [0.25, 0.3) is 26.3 Å². The van der Waals surface area contributed by atoms with Gasteiger partial charge in [-0.25, -0.2) is 0 Å². The summed E-state index contributed by atoms with van der Waals surface area (Å²) < 4.78 is 0. The molecule has 0 radical (unpaired) electrons. The van der Waals surface area contributed by atoms with Gasteiger partial charge in [0.1, 0.15) is 0 Å². The molecule has 1 heteroatoms. The molecule has 0 saturated carbocycles. The molecule has 1 atom stereocenters. The fraction of sp³-hybridized carbons (Fsp3) is 0.100. The molecule has 1 aliphatic heterocycles. The minimum absolute atomic E-state index is 0.341. The van der Waals surface area contributed by atoms with Crippen molar-refractivity contribution in [3.8, 4) is 5.30 Å². The number of fused-ring (bicyclic) bond motifs is 5. The van der Waals surface area contributed by atoms with Crippen LogP contribution in [0.3, 0.4) is 0 Å². The van der Waals surface area contributed by atoms with Crippen LogP contribution in [0.15, 0.2) is 60.7 Å². The van der Waals surface area contributed by atoms with Crippen LogP contribution < -0.4 is 0 Å². The quantitative estimate of drug-likeness (QED) is 0.319. The van der Waals surface area contributed by atoms with E-state index in [1.165, 1.54) is 21.9 Å². The van der Waals surface area contributed by atoms with Gasteiger partial charge in [-0.2, -0.15) is 0 Å². The van der Waals surface area contributed by atoms with Gasteiger partial charge < -0.3 is 0 Å². The Bertz CT molecular complexity index is 1020. The maximum atomic E-state index is 2.35. The molecule has 0 amide bonds. The van der Waals surface area contributed by atoms with Crippen molar-refractivity contribution in [3.63, 3.8) is 0 Å². The summed E-state index contributed by atoms with van der Waals surface area (Å²) in [6.45, 7) is 2.26. The Labute approximate surface area is 125 Å². The van der Waals surface area contributed by atoms with E-state index in [4.69, 9.17) is 0 Å². The van der Waals surface area contributed by atoms with Crippen LogP contribution >= 0.6 is 7.53 Å². The summed E-state index contributed by atoms with van der Waals surface area (Å²) in [7, 11) is -0.341. The first-order valence-corrected chi connectivity index (χ1v) is 8.78. The molecule has 4 aromatic rings. The molecule has 0 bridgehead atoms. The third kappa shape index (κ3) is 1.41. The molecule has 21 heavy (non-hydrogen) atoms. The Hall–Kier alpha value is -2.04. The average Bonchev–Trinajstić information content (AvgIpc) is 2.87. The van der Waals surface area contributed by atoms with Crippen LogP contribution in [-0.2, 0) is 6.42 Å². The highest BCUT2D eigenvalue weighted by Gasteiger charge is 2.23. The molecular formula is C20H15P. The van der Waals surface area contributed by atoms with Crippen molar-refractivity contribution in [2.24, 2.45) is 0 Å². The van der Waals surface area contributed by atoms with E-state index in [0.29, 0.717) is 0 Å². The first-order chi connectivity index (χ1) is 10.3. The van der Waals surface area contributed by atoms with Crippen molar-refractivity contribution in [3.05, 3.63) is 77.4 Å². The maximum absolute atomic E-state index is 2.35. The molecule has 0 N–H and O–H groups in total. The summed E-state index contributed by atoms with van der Waals surface area (Å²) in [4.78, 5) is 0. The van der Waals surface area contributed by atoms with E-state index < -0.39 is 0 Å². The minimum Gasteiger partial charge on any atom is -0.0766 e. The smallest absolute Gasteiger partial charge is 0.0106 e. The average molecular weight is 286 g/mol. The largest absolute Gasteiger partial charge is 0.0766 e. The predicted molar refractivity (Wildman–Crippen MR) is 93.0 cm³/mol. The van der Waals surface area contributed by atoms with Gasteiger partial charge in [-0.15, -0.1) is 0 Å². The molecular weight excluding hydrogens is 271 g/mol. The van der Waals surface area contributed by atoms with Crippen LogP contribution in [0.1, 0.15) is 16.7 Å². The lowest BCUT2D eigenvalue weighted by Gasteiger charge is -2.20. The van der Waals surface area contributed by atoms with Gasteiger partial charge in [-0.3, -0.25) is 0 Å². The Kier molecular flexibility index (Phi) is 2.21. The Morgan fingerprint density at radius 1 is 0.810 bits per heavy atom. The molecule has 1 aromatic heterocycles. The predicted octanol–water partition coefficient (Wildman–Crippen LogP) is 6.18. The zero-order valence-corrected chi connectivity index (χ0v) is 12.8. The zero-order chi connectivity index (χ0) is 14.0. The highest BCUT2D eigenvalue weighted by atomic mass is 31.1. The van der Waals surface area contributed by atoms with Crippen molar-refractivity contribution in [2.75, 3.05) is 0 Å². The van der Waals surface area contributed by atoms with Crippen molar-refractivity contribution >= 4 is 28.5 Å². The topological polar surface area (TPSA) is 0 Å². The summed E-state index contributed by atoms with van der Waals surface area (Å²) in [6.07, 6.45) is 1.10. The van der Waals surface area contributed by atoms with Gasteiger partial charge in [0.2, 0.25) is 0 Å². The molecule has 100 valence electrons. The van der Waals surface area contributed by atoms with Crippen molar-refractivity contribution in [1.29, 1.82) is 0 Å². The van der Waals surface area contributed by atoms with Crippen LogP contribution in [0.2, 0.25) is 0 Å². The summed E-state index contributed by atoms with van der Waals surface area (Å²) in [5.41, 5.74) is 4.55. The molecule has 1 unspecified atom stereocenters. The summed E-state index contributed by atoms with van der Waals surface area (Å²) >= 11 is 0. The molecule has 0 aliphatic carbocycles. The molecule has 0 spiro atoms. The second-order valence-corrected chi connectivity index (χ2v) is 8.00. The number of rotatable bonds is 0. The van der Waals surface area contributed by atoms with Crippen molar-refractivity contribution in [2.45, 2.75) is 13.3 Å². The standard InChI is InChI=1S/C20H15P/c1-13-10-11-16-15-7-3-5-9-19(15)21-18-8-4-2-6-14(18)12-17(13)20(16)21/h2-11H,12H2,1H3. The van der Waals surface area contributed by atoms with Crippen LogP contribution in [0, 0.1) is 6.92 Å². The fourth-order valence-corrected chi connectivity index (χ4v) is 6.82. The van der Waals surface area contributed by atoms with Gasteiger partial charge in [0.15, 0.2) is 0 Å². The monoisotopic (exact) mass is 286 g/mol. The Morgan fingerprint density at radius 2 is 1.62 bits per heavy atom. The lowest BCUT2D eigenvalue weighted by Crippen LogP contribution is -1.97. The van der Waals surface area contributed by atoms with Crippen molar-refractivity contribution < 1.29 is 0 Å². The van der Waals surface area contributed by atoms with E-state index in [1.54, 1.807) is 21.1 Å². The number of benzene rings is 3. The second-order valence-electron chi connectivity index (χ2n) is 5.92. The van der Waals surface area contributed by atoms with E-state index in [9.17, 15) is 0 Å². The van der Waals surface area contributed by atoms with Crippen LogP contribution in [-0.4, -0.2) is 0 Å². The number of hydrogen-bond donors (Lipinski definition) is 0. The van der Waals surface area contributed by atoms with E-state index in [1.807, 2.05) is 0 Å². The number of hydrogen-bond acceptors (Lipinski definition) is 0. The lowest BCUT2D eigenvalue weighted by atomic mass is 9.98. The molecule has 0 fully saturated rings. The van der Waals surface area contributed by atoms with E-state index in [2.05, 4.69) is 67.6 Å². The zero-order valence-electron chi connectivity index (χ0n) is 11.9. The van der Waals surface area contributed by atoms with E-state index >= 15 is 0 Å². The van der Waals surface area contributed by atoms with Crippen molar-refractivity contribution in [1.82, 2.24) is 0 Å². The Balaban J connectivity index is 2.13. The third-order valence-electron chi connectivity index (χ3n) is 4.78. The van der Waals surface area contributed by atoms with Crippen LogP contribution in [0.5, 0.6) is 0 Å². The molecule has 0 nitrogen and oxygen atoms in total. The van der Waals surface area contributed by atoms with Gasteiger partial charge in [0, 0.05) is 15.5 Å². The highest BCUT2D eigenvalue weighted by Crippen LogP contribution is 2.60. The first kappa shape index (κ1) is 11.6. The van der Waals surface area contributed by atoms with Gasteiger partial charge in [0.05, 0.1) is 0 Å². The molecule has 1 aliphatic rings. The van der Waals surface area contributed by atoms with E-state index in [0.717, 1.165) is 6.42 Å². The second kappa shape index (κ2) is 4.00. The Morgan fingerprint density at radius 3 is 2.57 bits per heavy atom. The number of aryl methyl sites for hydroxylation is 1. The summed E-state index contributed by atoms with van der Waals surface area (Å²) in [6, 6.07) is 22.7. The molecule has 0 saturated heterocycles. The first-order valence-electron chi connectivity index (χ1n) is 7.44. The van der Waals surface area contributed by atoms with E-state index in [-0.39, 0.29) is 7.53 Å². The SMILES string of the molecule is Cc1ccc2c3ccccc3p3c2c1Cc1ccccc1-3. The van der Waals surface area contributed by atoms with Gasteiger partial charge in [0.25, 0.3) is 0 Å². The maximum Gasteiger partial charge on any atom is 0.0106 e. The molecule has 3 aromatic carbocycles. The van der Waals surface area contributed by atoms with Crippen LogP contribution in [0.4, 0.5) is 0 Å². The highest BCUT2D eigenvalue weighted by molar-refractivity contribution is 7.68. The van der Waals surface area contributed by atoms with Gasteiger partial charge in [-0.1, -0.05) is 68.2 Å². The third-order valence-corrected chi connectivity index (χ3v) is 7.52. The molecule has 2 heterocycles. The summed E-state index contributed by atoms with van der Waals surface area (Å²) in [5.74, 6) is 0. The van der Waals surface area contributed by atoms with Gasteiger partial charge >= 0.3 is 0 Å². The lowest BCUT2D eigenvalue weighted by molar-refractivity contribution is 1.19. The normalized spacial score (nSPS) is 13.7. The van der Waals surface area contributed by atoms with Gasteiger partial charge in [-0.05, 0) is 40.8 Å². The molecule has 5 rings (SSSR count). The minimum atomic E-state index is -0.341.